The molecule has 0 saturated carbocycles. The highest BCUT2D eigenvalue weighted by atomic mass is 35.5. The van der Waals surface area contributed by atoms with Gasteiger partial charge in [0.2, 0.25) is 0 Å². The van der Waals surface area contributed by atoms with Gasteiger partial charge in [-0.15, -0.1) is 5.10 Å². The van der Waals surface area contributed by atoms with Gasteiger partial charge >= 0.3 is 0 Å². The second-order valence-electron chi connectivity index (χ2n) is 3.40. The molecule has 0 radical (unpaired) electrons. The fourth-order valence-corrected chi connectivity index (χ4v) is 1.74. The van der Waals surface area contributed by atoms with Crippen molar-refractivity contribution in [2.75, 3.05) is 0 Å². The molecule has 0 aliphatic heterocycles. The maximum atomic E-state index is 13.3. The Bertz CT molecular complexity index is 511. The van der Waals surface area contributed by atoms with Gasteiger partial charge in [-0.1, -0.05) is 28.9 Å². The van der Waals surface area contributed by atoms with Crippen molar-refractivity contribution in [3.05, 3.63) is 46.5 Å². The molecular formula is C10H10ClFN4. The Morgan fingerprint density at radius 1 is 1.50 bits per heavy atom. The zero-order valence-corrected chi connectivity index (χ0v) is 9.32. The number of hydrogen-bond acceptors (Lipinski definition) is 3. The molecule has 84 valence electrons. The summed E-state index contributed by atoms with van der Waals surface area (Å²) in [4.78, 5) is 0. The minimum Gasteiger partial charge on any atom is -0.319 e. The number of rotatable bonds is 2. The van der Waals surface area contributed by atoms with Gasteiger partial charge in [0.1, 0.15) is 5.82 Å². The van der Waals surface area contributed by atoms with Crippen molar-refractivity contribution in [2.45, 2.75) is 6.04 Å². The summed E-state index contributed by atoms with van der Waals surface area (Å²) < 4.78 is 14.8. The second-order valence-corrected chi connectivity index (χ2v) is 3.78. The monoisotopic (exact) mass is 240 g/mol. The minimum absolute atomic E-state index is 0.0381. The van der Waals surface area contributed by atoms with Gasteiger partial charge in [-0.3, -0.25) is 4.68 Å². The first-order valence-electron chi connectivity index (χ1n) is 4.65. The smallest absolute Gasteiger partial charge is 0.142 e. The van der Waals surface area contributed by atoms with Crippen LogP contribution in [-0.2, 0) is 7.05 Å². The molecule has 0 aliphatic carbocycles. The quantitative estimate of drug-likeness (QED) is 0.869. The number of hydrogen-bond donors (Lipinski definition) is 1. The van der Waals surface area contributed by atoms with Gasteiger partial charge in [-0.25, -0.2) is 4.39 Å². The Hall–Kier alpha value is -1.46. The number of aromatic nitrogens is 3. The van der Waals surface area contributed by atoms with Crippen LogP contribution in [0, 0.1) is 5.82 Å². The Balaban J connectivity index is 2.46. The third-order valence-electron chi connectivity index (χ3n) is 2.38. The van der Waals surface area contributed by atoms with Gasteiger partial charge in [0.25, 0.3) is 0 Å². The second kappa shape index (κ2) is 4.19. The van der Waals surface area contributed by atoms with Crippen molar-refractivity contribution in [2.24, 2.45) is 12.8 Å². The lowest BCUT2D eigenvalue weighted by Gasteiger charge is -2.13. The van der Waals surface area contributed by atoms with E-state index < -0.39 is 11.9 Å². The summed E-state index contributed by atoms with van der Waals surface area (Å²) in [6, 6.07) is 4.01. The molecule has 0 amide bonds. The Morgan fingerprint density at radius 3 is 2.88 bits per heavy atom. The summed E-state index contributed by atoms with van der Waals surface area (Å²) in [5.74, 6) is -0.482. The summed E-state index contributed by atoms with van der Waals surface area (Å²) >= 11 is 5.85. The molecule has 1 aromatic heterocycles. The van der Waals surface area contributed by atoms with Crippen LogP contribution >= 0.6 is 11.6 Å². The molecule has 1 atom stereocenters. The summed E-state index contributed by atoms with van der Waals surface area (Å²) in [5.41, 5.74) is 7.17. The SMILES string of the molecule is Cn1nncc1C(N)c1cccc(F)c1Cl. The molecule has 1 heterocycles. The van der Waals surface area contributed by atoms with Crippen molar-refractivity contribution in [1.82, 2.24) is 15.0 Å². The zero-order chi connectivity index (χ0) is 11.7. The van der Waals surface area contributed by atoms with Gasteiger partial charge in [0.15, 0.2) is 0 Å². The molecule has 0 aliphatic rings. The van der Waals surface area contributed by atoms with Crippen LogP contribution in [0.4, 0.5) is 4.39 Å². The largest absolute Gasteiger partial charge is 0.319 e. The summed E-state index contributed by atoms with van der Waals surface area (Å²) in [6.45, 7) is 0. The molecule has 16 heavy (non-hydrogen) atoms. The Labute approximate surface area is 96.8 Å². The maximum absolute atomic E-state index is 13.3. The van der Waals surface area contributed by atoms with E-state index in [0.717, 1.165) is 0 Å². The van der Waals surface area contributed by atoms with Gasteiger partial charge < -0.3 is 5.73 Å². The summed E-state index contributed by atoms with van der Waals surface area (Å²) in [6.07, 6.45) is 1.53. The van der Waals surface area contributed by atoms with Crippen LogP contribution < -0.4 is 5.73 Å². The van der Waals surface area contributed by atoms with E-state index in [1.54, 1.807) is 19.2 Å². The van der Waals surface area contributed by atoms with E-state index in [1.807, 2.05) is 0 Å². The minimum atomic E-state index is -0.539. The molecule has 0 saturated heterocycles. The first-order valence-corrected chi connectivity index (χ1v) is 5.03. The van der Waals surface area contributed by atoms with Crippen LogP contribution in [0.5, 0.6) is 0 Å². The molecule has 0 spiro atoms. The molecule has 2 rings (SSSR count). The first-order chi connectivity index (χ1) is 7.61. The zero-order valence-electron chi connectivity index (χ0n) is 8.56. The van der Waals surface area contributed by atoms with E-state index in [2.05, 4.69) is 10.3 Å². The standard InChI is InChI=1S/C10H10ClFN4/c1-16-8(5-14-15-16)10(13)6-3-2-4-7(12)9(6)11/h2-5,10H,13H2,1H3. The van der Waals surface area contributed by atoms with Crippen LogP contribution in [0.15, 0.2) is 24.4 Å². The lowest BCUT2D eigenvalue weighted by Crippen LogP contribution is -2.16. The third kappa shape index (κ3) is 1.79. The van der Waals surface area contributed by atoms with Gasteiger partial charge in [-0.2, -0.15) is 0 Å². The maximum Gasteiger partial charge on any atom is 0.142 e. The molecule has 0 bridgehead atoms. The van der Waals surface area contributed by atoms with E-state index in [4.69, 9.17) is 17.3 Å². The van der Waals surface area contributed by atoms with E-state index in [1.165, 1.54) is 16.9 Å². The number of aryl methyl sites for hydroxylation is 1. The van der Waals surface area contributed by atoms with Crippen molar-refractivity contribution < 1.29 is 4.39 Å². The Kier molecular flexibility index (Phi) is 2.89. The first kappa shape index (κ1) is 11.0. The fraction of sp³-hybridized carbons (Fsp3) is 0.200. The topological polar surface area (TPSA) is 56.7 Å². The average Bonchev–Trinajstić information content (AvgIpc) is 2.68. The molecule has 6 heteroatoms. The number of nitrogens with zero attached hydrogens (tertiary/aromatic N) is 3. The van der Waals surface area contributed by atoms with E-state index >= 15 is 0 Å². The number of benzene rings is 1. The highest BCUT2D eigenvalue weighted by Crippen LogP contribution is 2.27. The van der Waals surface area contributed by atoms with Gasteiger partial charge in [0, 0.05) is 7.05 Å². The summed E-state index contributed by atoms with van der Waals surface area (Å²) in [5, 5.41) is 7.52. The predicted octanol–water partition coefficient (Wildman–Crippen LogP) is 1.66. The van der Waals surface area contributed by atoms with E-state index in [0.29, 0.717) is 11.3 Å². The lowest BCUT2D eigenvalue weighted by molar-refractivity contribution is 0.618. The average molecular weight is 241 g/mol. The molecule has 2 N–H and O–H groups in total. The molecule has 4 nitrogen and oxygen atoms in total. The van der Waals surface area contributed by atoms with Crippen molar-refractivity contribution in [3.8, 4) is 0 Å². The van der Waals surface area contributed by atoms with Crippen LogP contribution in [0.3, 0.4) is 0 Å². The van der Waals surface area contributed by atoms with E-state index in [9.17, 15) is 4.39 Å². The number of nitrogens with two attached hydrogens (primary N) is 1. The van der Waals surface area contributed by atoms with Crippen LogP contribution in [0.2, 0.25) is 5.02 Å². The predicted molar refractivity (Wildman–Crippen MR) is 58.4 cm³/mol. The van der Waals surface area contributed by atoms with Crippen molar-refractivity contribution >= 4 is 11.6 Å². The highest BCUT2D eigenvalue weighted by molar-refractivity contribution is 6.31. The molecular weight excluding hydrogens is 231 g/mol. The highest BCUT2D eigenvalue weighted by Gasteiger charge is 2.17. The van der Waals surface area contributed by atoms with Crippen LogP contribution in [0.25, 0.3) is 0 Å². The third-order valence-corrected chi connectivity index (χ3v) is 2.78. The molecule has 1 unspecified atom stereocenters. The van der Waals surface area contributed by atoms with Gasteiger partial charge in [0.05, 0.1) is 23.0 Å². The fourth-order valence-electron chi connectivity index (χ4n) is 1.50. The van der Waals surface area contributed by atoms with Crippen LogP contribution in [-0.4, -0.2) is 15.0 Å². The Morgan fingerprint density at radius 2 is 2.25 bits per heavy atom. The molecule has 2 aromatic rings. The van der Waals surface area contributed by atoms with Gasteiger partial charge in [-0.05, 0) is 11.6 Å². The van der Waals surface area contributed by atoms with Crippen molar-refractivity contribution in [1.29, 1.82) is 0 Å². The van der Waals surface area contributed by atoms with Crippen molar-refractivity contribution in [3.63, 3.8) is 0 Å². The van der Waals surface area contributed by atoms with Crippen LogP contribution in [0.1, 0.15) is 17.3 Å². The lowest BCUT2D eigenvalue weighted by atomic mass is 10.1. The van der Waals surface area contributed by atoms with E-state index in [-0.39, 0.29) is 5.02 Å². The summed E-state index contributed by atoms with van der Waals surface area (Å²) in [7, 11) is 1.72. The molecule has 1 aromatic carbocycles. The normalized spacial score (nSPS) is 12.8. The molecule has 0 fully saturated rings. The number of halogens is 2.